The van der Waals surface area contributed by atoms with Gasteiger partial charge < -0.3 is 24.5 Å². The third-order valence-corrected chi connectivity index (χ3v) is 6.35. The van der Waals surface area contributed by atoms with E-state index in [2.05, 4.69) is 15.6 Å². The number of hydrogen-bond donors (Lipinski definition) is 2. The molecule has 2 atom stereocenters. The van der Waals surface area contributed by atoms with E-state index in [4.69, 9.17) is 72.5 Å². The number of oxazole rings is 1. The molecule has 1 fully saturated rings. The Kier molecular flexibility index (Phi) is 10.5. The molecule has 3 rings (SSSR count). The minimum Gasteiger partial charge on any atom is -0.496 e. The highest BCUT2D eigenvalue weighted by Crippen LogP contribution is 2.28. The average Bonchev–Trinajstić information content (AvgIpc) is 3.31. The highest BCUT2D eigenvalue weighted by atomic mass is 35.6. The smallest absolute Gasteiger partial charge is 0.360 e. The summed E-state index contributed by atoms with van der Waals surface area (Å²) in [7, 11) is 1.52. The summed E-state index contributed by atoms with van der Waals surface area (Å²) in [6.07, 6.45) is 1.66. The quantitative estimate of drug-likeness (QED) is 0.245. The van der Waals surface area contributed by atoms with Crippen LogP contribution in [0.5, 0.6) is 5.75 Å². The minimum absolute atomic E-state index is 0.0323. The largest absolute Gasteiger partial charge is 0.496 e. The number of benzene rings is 1. The number of thiocarbonyl (C=S) groups is 1. The van der Waals surface area contributed by atoms with Gasteiger partial charge in [-0.25, -0.2) is 14.6 Å². The molecule has 0 aliphatic carbocycles. The molecule has 2 aromatic rings. The predicted molar refractivity (Wildman–Crippen MR) is 146 cm³/mol. The van der Waals surface area contributed by atoms with Crippen LogP contribution in [0.15, 0.2) is 28.9 Å². The molecule has 10 nitrogen and oxygen atoms in total. The first kappa shape index (κ1) is 30.2. The number of nitrogens with zero attached hydrogens (tertiary/aromatic N) is 2. The number of amides is 3. The molecule has 0 radical (unpaired) electrons. The van der Waals surface area contributed by atoms with Crippen molar-refractivity contribution in [2.45, 2.75) is 29.6 Å². The molecule has 0 unspecified atom stereocenters. The lowest BCUT2D eigenvalue weighted by Gasteiger charge is -2.24. The number of hydrogen-bond acceptors (Lipinski definition) is 8. The Bertz CT molecular complexity index is 1200. The molecule has 2 heterocycles. The first-order valence-corrected chi connectivity index (χ1v) is 13.2. The van der Waals surface area contributed by atoms with Crippen molar-refractivity contribution in [2.75, 3.05) is 26.8 Å². The van der Waals surface area contributed by atoms with E-state index in [1.165, 1.54) is 7.11 Å². The molecule has 0 spiro atoms. The zero-order chi connectivity index (χ0) is 28.0. The highest BCUT2D eigenvalue weighted by Gasteiger charge is 2.35. The standard InChI is InChI=1S/C23H24Cl4N4O6S/c1-3-15(19-29-16(10-36-19)21(33)37-11-23(25,26)27)30-22(34)31-9-18(38)28-8-13(20(31)32)6-12-7-14(24)4-5-17(12)35-2/h4-5,7,10,13,15H,3,6,8-9,11H2,1-2H3,(H,28,38)(H,30,34)/t13-,15-/m1/s1. The number of carbonyl (C=O) groups excluding carboxylic acids is 3. The number of rotatable bonds is 8. The Labute approximate surface area is 244 Å². The number of nitrogens with one attached hydrogen (secondary N) is 2. The topological polar surface area (TPSA) is 123 Å². The Morgan fingerprint density at radius 3 is 2.76 bits per heavy atom. The zero-order valence-electron chi connectivity index (χ0n) is 20.3. The number of methoxy groups -OCH3 is 1. The second kappa shape index (κ2) is 13.2. The van der Waals surface area contributed by atoms with Crippen molar-refractivity contribution >= 4 is 81.5 Å². The Morgan fingerprint density at radius 2 is 2.11 bits per heavy atom. The van der Waals surface area contributed by atoms with E-state index in [-0.39, 0.29) is 31.1 Å². The van der Waals surface area contributed by atoms with Gasteiger partial charge in [0.25, 0.3) is 0 Å². The fourth-order valence-electron chi connectivity index (χ4n) is 3.65. The van der Waals surface area contributed by atoms with Gasteiger partial charge in [-0.3, -0.25) is 9.69 Å². The minimum atomic E-state index is -1.78. The van der Waals surface area contributed by atoms with Crippen molar-refractivity contribution in [3.63, 3.8) is 0 Å². The van der Waals surface area contributed by atoms with E-state index in [0.29, 0.717) is 27.7 Å². The molecule has 0 bridgehead atoms. The number of aromatic nitrogens is 1. The van der Waals surface area contributed by atoms with Crippen LogP contribution in [0.25, 0.3) is 0 Å². The molecule has 1 aliphatic heterocycles. The van der Waals surface area contributed by atoms with Crippen LogP contribution in [-0.4, -0.2) is 63.4 Å². The van der Waals surface area contributed by atoms with Gasteiger partial charge >= 0.3 is 12.0 Å². The van der Waals surface area contributed by atoms with Crippen LogP contribution in [-0.2, 0) is 16.0 Å². The first-order valence-electron chi connectivity index (χ1n) is 11.3. The van der Waals surface area contributed by atoms with Crippen molar-refractivity contribution < 1.29 is 28.3 Å². The van der Waals surface area contributed by atoms with Crippen LogP contribution >= 0.6 is 58.6 Å². The number of ether oxygens (including phenoxy) is 2. The number of carbonyl (C=O) groups is 3. The van der Waals surface area contributed by atoms with Gasteiger partial charge in [0.2, 0.25) is 15.6 Å². The van der Waals surface area contributed by atoms with Crippen LogP contribution in [0.1, 0.15) is 41.3 Å². The normalized spacial score (nSPS) is 16.9. The molecule has 1 saturated heterocycles. The van der Waals surface area contributed by atoms with Crippen LogP contribution in [0.4, 0.5) is 4.79 Å². The number of imide groups is 1. The average molecular weight is 626 g/mol. The first-order chi connectivity index (χ1) is 17.9. The van der Waals surface area contributed by atoms with Crippen molar-refractivity contribution in [3.05, 3.63) is 46.6 Å². The van der Waals surface area contributed by atoms with E-state index < -0.39 is 40.3 Å². The maximum atomic E-state index is 13.4. The lowest BCUT2D eigenvalue weighted by molar-refractivity contribution is -0.131. The van der Waals surface area contributed by atoms with Crippen molar-refractivity contribution in [1.29, 1.82) is 0 Å². The van der Waals surface area contributed by atoms with E-state index in [9.17, 15) is 14.4 Å². The monoisotopic (exact) mass is 624 g/mol. The molecule has 0 saturated carbocycles. The highest BCUT2D eigenvalue weighted by molar-refractivity contribution is 7.80. The summed E-state index contributed by atoms with van der Waals surface area (Å²) in [6, 6.07) is 3.65. The summed E-state index contributed by atoms with van der Waals surface area (Å²) in [4.78, 5) is 44.3. The van der Waals surface area contributed by atoms with Gasteiger partial charge in [0.15, 0.2) is 5.69 Å². The summed E-state index contributed by atoms with van der Waals surface area (Å²) in [6.45, 7) is 1.40. The Hall–Kier alpha value is -2.31. The lowest BCUT2D eigenvalue weighted by atomic mass is 9.97. The van der Waals surface area contributed by atoms with Crippen LogP contribution in [0, 0.1) is 5.92 Å². The van der Waals surface area contributed by atoms with Gasteiger partial charge in [-0.2, -0.15) is 0 Å². The van der Waals surface area contributed by atoms with Gasteiger partial charge in [0, 0.05) is 11.6 Å². The molecule has 1 aromatic heterocycles. The fourth-order valence-corrected chi connectivity index (χ4v) is 4.22. The van der Waals surface area contributed by atoms with Crippen LogP contribution in [0.3, 0.4) is 0 Å². The number of alkyl halides is 3. The fraction of sp³-hybridized carbons (Fsp3) is 0.435. The van der Waals surface area contributed by atoms with Crippen molar-refractivity contribution in [1.82, 2.24) is 20.5 Å². The van der Waals surface area contributed by atoms with Gasteiger partial charge in [-0.15, -0.1) is 0 Å². The number of halogens is 4. The molecule has 1 aliphatic rings. The summed E-state index contributed by atoms with van der Waals surface area (Å²) in [5.41, 5.74) is 0.544. The summed E-state index contributed by atoms with van der Waals surface area (Å²) < 4.78 is 13.9. The van der Waals surface area contributed by atoms with Crippen molar-refractivity contribution in [3.8, 4) is 5.75 Å². The van der Waals surface area contributed by atoms with E-state index >= 15 is 0 Å². The number of urea groups is 1. The van der Waals surface area contributed by atoms with E-state index in [1.54, 1.807) is 25.1 Å². The third-order valence-electron chi connectivity index (χ3n) is 5.52. The summed E-state index contributed by atoms with van der Waals surface area (Å²) in [5, 5.41) is 6.23. The van der Waals surface area contributed by atoms with E-state index in [1.807, 2.05) is 0 Å². The van der Waals surface area contributed by atoms with Gasteiger partial charge in [0.05, 0.1) is 24.6 Å². The Balaban J connectivity index is 1.73. The molecular formula is C23H24Cl4N4O6S. The molecule has 2 N–H and O–H groups in total. The molecular weight excluding hydrogens is 602 g/mol. The maximum Gasteiger partial charge on any atom is 0.360 e. The second-order valence-electron chi connectivity index (χ2n) is 8.26. The molecule has 38 heavy (non-hydrogen) atoms. The maximum absolute atomic E-state index is 13.4. The van der Waals surface area contributed by atoms with Gasteiger partial charge in [-0.05, 0) is 36.6 Å². The van der Waals surface area contributed by atoms with Gasteiger partial charge in [-0.1, -0.05) is 65.5 Å². The van der Waals surface area contributed by atoms with Gasteiger partial charge in [0.1, 0.15) is 24.7 Å². The predicted octanol–water partition coefficient (Wildman–Crippen LogP) is 4.64. The summed E-state index contributed by atoms with van der Waals surface area (Å²) >= 11 is 28.2. The summed E-state index contributed by atoms with van der Waals surface area (Å²) in [5.74, 6) is -1.33. The molecule has 1 aromatic carbocycles. The molecule has 206 valence electrons. The SMILES string of the molecule is CC[C@@H](NC(=O)N1CC(=S)NC[C@@H](Cc2cc(Cl)ccc2OC)C1=O)c1nc(C(=O)OCC(Cl)(Cl)Cl)co1. The van der Waals surface area contributed by atoms with E-state index in [0.717, 1.165) is 11.2 Å². The molecule has 15 heteroatoms. The molecule has 3 amide bonds. The third kappa shape index (κ3) is 8.09. The van der Waals surface area contributed by atoms with Crippen molar-refractivity contribution in [2.24, 2.45) is 5.92 Å². The lowest BCUT2D eigenvalue weighted by Crippen LogP contribution is -2.48. The Morgan fingerprint density at radius 1 is 1.37 bits per heavy atom. The van der Waals surface area contributed by atoms with Crippen LogP contribution < -0.4 is 15.4 Å². The number of esters is 1. The second-order valence-corrected chi connectivity index (χ2v) is 11.7. The zero-order valence-corrected chi connectivity index (χ0v) is 24.1. The van der Waals surface area contributed by atoms with Crippen LogP contribution in [0.2, 0.25) is 5.02 Å².